The van der Waals surface area contributed by atoms with Crippen LogP contribution in [-0.2, 0) is 4.79 Å². The standard InChI is InChI=1S/C13H24N2O2/c16-10-12-3-1-2-8-15(12)13(17)5-4-11-6-7-14-9-11/h11-12,14,16H,1-10H2. The zero-order valence-corrected chi connectivity index (χ0v) is 10.5. The molecule has 2 aliphatic rings. The van der Waals surface area contributed by atoms with Gasteiger partial charge in [-0.25, -0.2) is 0 Å². The number of aliphatic hydroxyl groups is 1. The van der Waals surface area contributed by atoms with Crippen LogP contribution in [0.3, 0.4) is 0 Å². The van der Waals surface area contributed by atoms with Gasteiger partial charge in [-0.3, -0.25) is 4.79 Å². The Morgan fingerprint density at radius 1 is 1.35 bits per heavy atom. The number of carbonyl (C=O) groups excluding carboxylic acids is 1. The molecule has 4 nitrogen and oxygen atoms in total. The van der Waals surface area contributed by atoms with Crippen molar-refractivity contribution in [2.75, 3.05) is 26.2 Å². The molecule has 1 amide bonds. The van der Waals surface area contributed by atoms with Crippen molar-refractivity contribution in [1.82, 2.24) is 10.2 Å². The smallest absolute Gasteiger partial charge is 0.222 e. The molecule has 2 heterocycles. The number of hydrogen-bond donors (Lipinski definition) is 2. The average Bonchev–Trinajstić information content (AvgIpc) is 2.89. The maximum atomic E-state index is 12.1. The lowest BCUT2D eigenvalue weighted by Gasteiger charge is -2.35. The van der Waals surface area contributed by atoms with Crippen molar-refractivity contribution in [3.05, 3.63) is 0 Å². The summed E-state index contributed by atoms with van der Waals surface area (Å²) in [6.07, 6.45) is 6.06. The zero-order valence-electron chi connectivity index (χ0n) is 10.5. The second-order valence-corrected chi connectivity index (χ2v) is 5.32. The maximum Gasteiger partial charge on any atom is 0.222 e. The van der Waals surface area contributed by atoms with Crippen molar-refractivity contribution in [3.63, 3.8) is 0 Å². The molecule has 0 bridgehead atoms. The molecular weight excluding hydrogens is 216 g/mol. The molecule has 0 aliphatic carbocycles. The summed E-state index contributed by atoms with van der Waals surface area (Å²) in [6.45, 7) is 3.13. The number of hydrogen-bond acceptors (Lipinski definition) is 3. The van der Waals surface area contributed by atoms with E-state index in [1.54, 1.807) is 0 Å². The summed E-state index contributed by atoms with van der Waals surface area (Å²) in [5.41, 5.74) is 0. The molecule has 4 heteroatoms. The van der Waals surface area contributed by atoms with Crippen LogP contribution in [0.5, 0.6) is 0 Å². The lowest BCUT2D eigenvalue weighted by molar-refractivity contribution is -0.136. The number of nitrogens with one attached hydrogen (secondary N) is 1. The van der Waals surface area contributed by atoms with Crippen LogP contribution in [0.15, 0.2) is 0 Å². The predicted molar refractivity (Wildman–Crippen MR) is 66.6 cm³/mol. The van der Waals surface area contributed by atoms with Crippen molar-refractivity contribution in [2.45, 2.75) is 44.6 Å². The number of carbonyl (C=O) groups is 1. The molecule has 0 spiro atoms. The van der Waals surface area contributed by atoms with E-state index in [1.165, 1.54) is 6.42 Å². The molecule has 0 aromatic heterocycles. The van der Waals surface area contributed by atoms with E-state index in [4.69, 9.17) is 0 Å². The van der Waals surface area contributed by atoms with E-state index in [9.17, 15) is 9.90 Å². The predicted octanol–water partition coefficient (Wildman–Crippen LogP) is 0.749. The third-order valence-corrected chi connectivity index (χ3v) is 4.09. The minimum absolute atomic E-state index is 0.0814. The van der Waals surface area contributed by atoms with Gasteiger partial charge in [-0.1, -0.05) is 0 Å². The summed E-state index contributed by atoms with van der Waals surface area (Å²) >= 11 is 0. The number of rotatable bonds is 4. The van der Waals surface area contributed by atoms with Crippen molar-refractivity contribution in [3.8, 4) is 0 Å². The Bertz CT molecular complexity index is 252. The fourth-order valence-electron chi connectivity index (χ4n) is 2.95. The largest absolute Gasteiger partial charge is 0.394 e. The van der Waals surface area contributed by atoms with E-state index in [0.29, 0.717) is 12.3 Å². The first-order valence-electron chi connectivity index (χ1n) is 6.92. The molecule has 0 radical (unpaired) electrons. The highest BCUT2D eigenvalue weighted by Gasteiger charge is 2.26. The van der Waals surface area contributed by atoms with Gasteiger partial charge in [0.05, 0.1) is 12.6 Å². The molecule has 2 saturated heterocycles. The molecule has 2 unspecified atom stereocenters. The minimum Gasteiger partial charge on any atom is -0.394 e. The Kier molecular flexibility index (Phi) is 4.80. The summed E-state index contributed by atoms with van der Waals surface area (Å²) in [5.74, 6) is 0.923. The van der Waals surface area contributed by atoms with Crippen LogP contribution in [0.4, 0.5) is 0 Å². The van der Waals surface area contributed by atoms with E-state index in [2.05, 4.69) is 5.32 Å². The Balaban J connectivity index is 1.76. The third-order valence-electron chi connectivity index (χ3n) is 4.09. The number of piperidine rings is 1. The van der Waals surface area contributed by atoms with Crippen LogP contribution < -0.4 is 5.32 Å². The van der Waals surface area contributed by atoms with Gasteiger partial charge >= 0.3 is 0 Å². The average molecular weight is 240 g/mol. The molecule has 0 aromatic carbocycles. The minimum atomic E-state index is 0.0814. The molecule has 2 fully saturated rings. The Morgan fingerprint density at radius 3 is 2.94 bits per heavy atom. The lowest BCUT2D eigenvalue weighted by atomic mass is 9.99. The van der Waals surface area contributed by atoms with Crippen molar-refractivity contribution >= 4 is 5.91 Å². The number of aliphatic hydroxyl groups excluding tert-OH is 1. The van der Waals surface area contributed by atoms with Crippen LogP contribution >= 0.6 is 0 Å². The number of likely N-dealkylation sites (tertiary alicyclic amines) is 1. The first-order valence-corrected chi connectivity index (χ1v) is 6.92. The summed E-state index contributed by atoms with van der Waals surface area (Å²) in [4.78, 5) is 14.0. The second kappa shape index (κ2) is 6.36. The molecule has 2 N–H and O–H groups in total. The first-order chi connectivity index (χ1) is 8.31. The van der Waals surface area contributed by atoms with E-state index in [0.717, 1.165) is 45.3 Å². The van der Waals surface area contributed by atoms with Crippen molar-refractivity contribution in [2.24, 2.45) is 5.92 Å². The molecule has 0 saturated carbocycles. The van der Waals surface area contributed by atoms with Gasteiger partial charge in [-0.2, -0.15) is 0 Å². The number of amides is 1. The van der Waals surface area contributed by atoms with Crippen LogP contribution in [-0.4, -0.2) is 48.2 Å². The lowest BCUT2D eigenvalue weighted by Crippen LogP contribution is -2.45. The van der Waals surface area contributed by atoms with E-state index < -0.39 is 0 Å². The highest BCUT2D eigenvalue weighted by Crippen LogP contribution is 2.20. The first kappa shape index (κ1) is 12.8. The topological polar surface area (TPSA) is 52.6 Å². The van der Waals surface area contributed by atoms with Crippen molar-refractivity contribution in [1.29, 1.82) is 0 Å². The fourth-order valence-corrected chi connectivity index (χ4v) is 2.95. The zero-order chi connectivity index (χ0) is 12.1. The molecule has 17 heavy (non-hydrogen) atoms. The molecular formula is C13H24N2O2. The van der Waals surface area contributed by atoms with Gasteiger partial charge < -0.3 is 15.3 Å². The number of nitrogens with zero attached hydrogens (tertiary/aromatic N) is 1. The Hall–Kier alpha value is -0.610. The molecule has 2 aliphatic heterocycles. The third kappa shape index (κ3) is 3.42. The van der Waals surface area contributed by atoms with Gasteiger partial charge in [0.1, 0.15) is 0 Å². The normalized spacial score (nSPS) is 29.6. The summed E-state index contributed by atoms with van der Waals surface area (Å²) in [5, 5.41) is 12.6. The summed E-state index contributed by atoms with van der Waals surface area (Å²) in [7, 11) is 0. The van der Waals surface area contributed by atoms with Gasteiger partial charge in [0.25, 0.3) is 0 Å². The van der Waals surface area contributed by atoms with E-state index in [-0.39, 0.29) is 18.6 Å². The van der Waals surface area contributed by atoms with E-state index >= 15 is 0 Å². The van der Waals surface area contributed by atoms with Crippen LogP contribution in [0.2, 0.25) is 0 Å². The van der Waals surface area contributed by atoms with Crippen LogP contribution in [0.1, 0.15) is 38.5 Å². The van der Waals surface area contributed by atoms with Gasteiger partial charge in [-0.05, 0) is 51.1 Å². The molecule has 0 aromatic rings. The summed E-state index contributed by atoms with van der Waals surface area (Å²) in [6, 6.07) is 0.0814. The van der Waals surface area contributed by atoms with Crippen molar-refractivity contribution < 1.29 is 9.90 Å². The van der Waals surface area contributed by atoms with Gasteiger partial charge in [0.2, 0.25) is 5.91 Å². The van der Waals surface area contributed by atoms with Crippen LogP contribution in [0.25, 0.3) is 0 Å². The molecule has 98 valence electrons. The highest BCUT2D eigenvalue weighted by molar-refractivity contribution is 5.76. The molecule has 2 atom stereocenters. The summed E-state index contributed by atoms with van der Waals surface area (Å²) < 4.78 is 0. The van der Waals surface area contributed by atoms with Gasteiger partial charge in [0, 0.05) is 13.0 Å². The highest BCUT2D eigenvalue weighted by atomic mass is 16.3. The van der Waals surface area contributed by atoms with Gasteiger partial charge in [-0.15, -0.1) is 0 Å². The quantitative estimate of drug-likeness (QED) is 0.762. The van der Waals surface area contributed by atoms with Gasteiger partial charge in [0.15, 0.2) is 0 Å². The Morgan fingerprint density at radius 2 is 2.24 bits per heavy atom. The molecule has 2 rings (SSSR count). The maximum absolute atomic E-state index is 12.1. The second-order valence-electron chi connectivity index (χ2n) is 5.32. The SMILES string of the molecule is O=C(CCC1CCNC1)N1CCCCC1CO. The van der Waals surface area contributed by atoms with E-state index in [1.807, 2.05) is 4.90 Å². The van der Waals surface area contributed by atoms with Crippen LogP contribution in [0, 0.1) is 5.92 Å². The Labute approximate surface area is 103 Å². The monoisotopic (exact) mass is 240 g/mol. The fraction of sp³-hybridized carbons (Fsp3) is 0.923.